The lowest BCUT2D eigenvalue weighted by molar-refractivity contribution is -0.122. The fourth-order valence-electron chi connectivity index (χ4n) is 2.39. The molecule has 0 bridgehead atoms. The van der Waals surface area contributed by atoms with Crippen molar-refractivity contribution in [2.24, 2.45) is 5.92 Å². The Kier molecular flexibility index (Phi) is 4.39. The summed E-state index contributed by atoms with van der Waals surface area (Å²) in [5, 5.41) is 3.32. The van der Waals surface area contributed by atoms with Crippen LogP contribution >= 0.6 is 12.2 Å². The average Bonchev–Trinajstić information content (AvgIpc) is 3.19. The topological polar surface area (TPSA) is 66.3 Å². The van der Waals surface area contributed by atoms with E-state index in [0.717, 1.165) is 12.2 Å². The molecule has 0 unspecified atom stereocenters. The van der Waals surface area contributed by atoms with Crippen molar-refractivity contribution in [3.8, 4) is 0 Å². The number of carbonyl (C=O) groups excluding carboxylic acids is 1. The Morgan fingerprint density at radius 1 is 1.18 bits per heavy atom. The number of carbonyl (C=O) groups is 1. The molecule has 0 aliphatic heterocycles. The highest BCUT2D eigenvalue weighted by atomic mass is 32.1. The standard InChI is InChI=1S/C16H17N3O2S/c20-15(14-9-13(14)11-5-2-1-3-6-11)18-19-16(22)17-10-12-7-4-8-21-12/h1-8,13-14H,9-10H2,(H,18,20)(H2,17,19,22)/t13-,14+/m1/s1. The van der Waals surface area contributed by atoms with Crippen LogP contribution in [-0.4, -0.2) is 11.0 Å². The third-order valence-corrected chi connectivity index (χ3v) is 3.90. The fraction of sp³-hybridized carbons (Fsp3) is 0.250. The molecule has 1 heterocycles. The molecule has 1 aromatic carbocycles. The van der Waals surface area contributed by atoms with Gasteiger partial charge in [-0.05, 0) is 42.3 Å². The average molecular weight is 315 g/mol. The summed E-state index contributed by atoms with van der Waals surface area (Å²) in [6.45, 7) is 0.477. The SMILES string of the molecule is O=C(NNC(=S)NCc1ccco1)[C@H]1C[C@@H]1c1ccccc1. The second-order valence-electron chi connectivity index (χ2n) is 5.24. The summed E-state index contributed by atoms with van der Waals surface area (Å²) in [5.74, 6) is 1.08. The van der Waals surface area contributed by atoms with Crippen LogP contribution in [0.3, 0.4) is 0 Å². The minimum atomic E-state index is -0.0315. The van der Waals surface area contributed by atoms with Crippen molar-refractivity contribution in [1.82, 2.24) is 16.2 Å². The molecule has 1 fully saturated rings. The smallest absolute Gasteiger partial charge is 0.242 e. The first-order valence-corrected chi connectivity index (χ1v) is 7.56. The van der Waals surface area contributed by atoms with E-state index in [-0.39, 0.29) is 11.8 Å². The summed E-state index contributed by atoms with van der Waals surface area (Å²) in [4.78, 5) is 12.0. The molecule has 114 valence electrons. The van der Waals surface area contributed by atoms with Crippen LogP contribution in [-0.2, 0) is 11.3 Å². The van der Waals surface area contributed by atoms with E-state index in [9.17, 15) is 4.79 Å². The minimum Gasteiger partial charge on any atom is -0.467 e. The first-order valence-electron chi connectivity index (χ1n) is 7.15. The van der Waals surface area contributed by atoms with Crippen LogP contribution in [0.2, 0.25) is 0 Å². The van der Waals surface area contributed by atoms with Crippen molar-refractivity contribution < 1.29 is 9.21 Å². The fourth-order valence-corrected chi connectivity index (χ4v) is 2.51. The van der Waals surface area contributed by atoms with Crippen LogP contribution in [0.4, 0.5) is 0 Å². The Balaban J connectivity index is 1.39. The number of furan rings is 1. The molecule has 0 saturated heterocycles. The highest BCUT2D eigenvalue weighted by Gasteiger charge is 2.43. The molecule has 1 saturated carbocycles. The molecule has 2 aromatic rings. The van der Waals surface area contributed by atoms with Gasteiger partial charge in [-0.25, -0.2) is 0 Å². The normalized spacial score (nSPS) is 19.3. The van der Waals surface area contributed by atoms with Gasteiger partial charge in [-0.2, -0.15) is 0 Å². The largest absolute Gasteiger partial charge is 0.467 e. The molecular formula is C16H17N3O2S. The zero-order valence-electron chi connectivity index (χ0n) is 11.9. The maximum Gasteiger partial charge on any atom is 0.242 e. The number of amides is 1. The summed E-state index contributed by atoms with van der Waals surface area (Å²) in [7, 11) is 0. The number of thiocarbonyl (C=S) groups is 1. The van der Waals surface area contributed by atoms with Crippen LogP contribution in [0.15, 0.2) is 53.1 Å². The highest BCUT2D eigenvalue weighted by molar-refractivity contribution is 7.80. The van der Waals surface area contributed by atoms with Gasteiger partial charge in [-0.1, -0.05) is 30.3 Å². The Hall–Kier alpha value is -2.34. The van der Waals surface area contributed by atoms with E-state index in [0.29, 0.717) is 17.6 Å². The van der Waals surface area contributed by atoms with Crippen molar-refractivity contribution in [2.45, 2.75) is 18.9 Å². The lowest BCUT2D eigenvalue weighted by atomic mass is 10.1. The number of nitrogens with one attached hydrogen (secondary N) is 3. The summed E-state index contributed by atoms with van der Waals surface area (Å²) in [6, 6.07) is 13.7. The van der Waals surface area contributed by atoms with Crippen LogP contribution in [0, 0.1) is 5.92 Å². The Labute approximate surface area is 134 Å². The van der Waals surface area contributed by atoms with Crippen molar-refractivity contribution in [3.05, 3.63) is 60.1 Å². The highest BCUT2D eigenvalue weighted by Crippen LogP contribution is 2.47. The molecule has 0 radical (unpaired) electrons. The third kappa shape index (κ3) is 3.65. The molecule has 3 N–H and O–H groups in total. The van der Waals surface area contributed by atoms with E-state index in [1.807, 2.05) is 30.3 Å². The van der Waals surface area contributed by atoms with Gasteiger partial charge in [0, 0.05) is 5.92 Å². The number of hydrogen-bond acceptors (Lipinski definition) is 3. The van der Waals surface area contributed by atoms with Gasteiger partial charge in [0.15, 0.2) is 5.11 Å². The lowest BCUT2D eigenvalue weighted by Gasteiger charge is -2.10. The summed E-state index contributed by atoms with van der Waals surface area (Å²) in [6.07, 6.45) is 2.48. The molecule has 1 aliphatic carbocycles. The molecule has 1 amide bonds. The van der Waals surface area contributed by atoms with Crippen LogP contribution < -0.4 is 16.2 Å². The predicted octanol–water partition coefficient (Wildman–Crippen LogP) is 2.08. The first-order chi connectivity index (χ1) is 10.7. The molecule has 6 heteroatoms. The van der Waals surface area contributed by atoms with Crippen LogP contribution in [0.1, 0.15) is 23.7 Å². The molecular weight excluding hydrogens is 298 g/mol. The van der Waals surface area contributed by atoms with Gasteiger partial charge >= 0.3 is 0 Å². The zero-order valence-corrected chi connectivity index (χ0v) is 12.7. The third-order valence-electron chi connectivity index (χ3n) is 3.66. The minimum absolute atomic E-state index is 0.0165. The van der Waals surface area contributed by atoms with Crippen LogP contribution in [0.25, 0.3) is 0 Å². The number of rotatable bonds is 4. The summed E-state index contributed by atoms with van der Waals surface area (Å²) in [5.41, 5.74) is 6.58. The lowest BCUT2D eigenvalue weighted by Crippen LogP contribution is -2.47. The molecule has 22 heavy (non-hydrogen) atoms. The van der Waals surface area contributed by atoms with E-state index >= 15 is 0 Å². The van der Waals surface area contributed by atoms with Gasteiger partial charge in [0.1, 0.15) is 5.76 Å². The molecule has 1 aromatic heterocycles. The van der Waals surface area contributed by atoms with Gasteiger partial charge in [-0.3, -0.25) is 15.6 Å². The predicted molar refractivity (Wildman–Crippen MR) is 86.7 cm³/mol. The Bertz CT molecular complexity index is 643. The van der Waals surface area contributed by atoms with E-state index in [2.05, 4.69) is 28.3 Å². The summed E-state index contributed by atoms with van der Waals surface area (Å²) < 4.78 is 5.18. The Morgan fingerprint density at radius 3 is 2.73 bits per heavy atom. The van der Waals surface area contributed by atoms with E-state index < -0.39 is 0 Å². The quantitative estimate of drug-likeness (QED) is 0.595. The van der Waals surface area contributed by atoms with Crippen molar-refractivity contribution in [3.63, 3.8) is 0 Å². The van der Waals surface area contributed by atoms with E-state index in [1.165, 1.54) is 5.56 Å². The van der Waals surface area contributed by atoms with Crippen LogP contribution in [0.5, 0.6) is 0 Å². The van der Waals surface area contributed by atoms with Crippen molar-refractivity contribution >= 4 is 23.2 Å². The van der Waals surface area contributed by atoms with Crippen molar-refractivity contribution in [2.75, 3.05) is 0 Å². The number of benzene rings is 1. The maximum absolute atomic E-state index is 12.0. The second kappa shape index (κ2) is 6.62. The first kappa shape index (κ1) is 14.6. The number of hydrazine groups is 1. The molecule has 1 aliphatic rings. The maximum atomic E-state index is 12.0. The van der Waals surface area contributed by atoms with Gasteiger partial charge in [-0.15, -0.1) is 0 Å². The van der Waals surface area contributed by atoms with Gasteiger partial charge in [0.05, 0.1) is 12.8 Å². The van der Waals surface area contributed by atoms with E-state index in [4.69, 9.17) is 16.6 Å². The van der Waals surface area contributed by atoms with Gasteiger partial charge < -0.3 is 9.73 Å². The number of hydrogen-bond donors (Lipinski definition) is 3. The summed E-state index contributed by atoms with van der Waals surface area (Å²) >= 11 is 5.10. The molecule has 2 atom stereocenters. The molecule has 0 spiro atoms. The Morgan fingerprint density at radius 2 is 2.00 bits per heavy atom. The van der Waals surface area contributed by atoms with Gasteiger partial charge in [0.25, 0.3) is 0 Å². The molecule has 3 rings (SSSR count). The van der Waals surface area contributed by atoms with Gasteiger partial charge in [0.2, 0.25) is 5.91 Å². The zero-order chi connectivity index (χ0) is 15.4. The second-order valence-corrected chi connectivity index (χ2v) is 5.64. The van der Waals surface area contributed by atoms with E-state index in [1.54, 1.807) is 6.26 Å². The molecule has 5 nitrogen and oxygen atoms in total. The van der Waals surface area contributed by atoms with Crippen molar-refractivity contribution in [1.29, 1.82) is 0 Å². The monoisotopic (exact) mass is 315 g/mol.